The molecular formula is C15H22N2O2. The van der Waals surface area contributed by atoms with Gasteiger partial charge in [0.1, 0.15) is 0 Å². The van der Waals surface area contributed by atoms with E-state index in [4.69, 9.17) is 5.73 Å². The molecule has 2 rings (SSSR count). The molecule has 3 N–H and O–H groups in total. The predicted octanol–water partition coefficient (Wildman–Crippen LogP) is 2.33. The van der Waals surface area contributed by atoms with Crippen LogP contribution in [0.4, 0.5) is 4.79 Å². The second-order valence-corrected chi connectivity index (χ2v) is 5.46. The first kappa shape index (κ1) is 13.9. The van der Waals surface area contributed by atoms with Crippen LogP contribution in [-0.2, 0) is 6.42 Å². The third-order valence-electron chi connectivity index (χ3n) is 4.06. The number of benzene rings is 1. The molecule has 0 bridgehead atoms. The van der Waals surface area contributed by atoms with Gasteiger partial charge in [0.05, 0.1) is 0 Å². The van der Waals surface area contributed by atoms with E-state index in [9.17, 15) is 9.90 Å². The highest BCUT2D eigenvalue weighted by Crippen LogP contribution is 2.27. The fraction of sp³-hybridized carbons (Fsp3) is 0.533. The topological polar surface area (TPSA) is 66.6 Å². The summed E-state index contributed by atoms with van der Waals surface area (Å²) in [6.45, 7) is 2.61. The summed E-state index contributed by atoms with van der Waals surface area (Å²) in [5.74, 6) is 0.421. The van der Waals surface area contributed by atoms with Gasteiger partial charge in [0.25, 0.3) is 0 Å². The molecule has 4 heteroatoms. The molecule has 3 unspecified atom stereocenters. The Hall–Kier alpha value is -1.55. The van der Waals surface area contributed by atoms with Crippen molar-refractivity contribution < 1.29 is 9.90 Å². The predicted molar refractivity (Wildman–Crippen MR) is 75.0 cm³/mol. The third kappa shape index (κ3) is 3.47. The third-order valence-corrected chi connectivity index (χ3v) is 4.06. The molecule has 0 radical (unpaired) electrons. The van der Waals surface area contributed by atoms with Crippen molar-refractivity contribution in [2.24, 2.45) is 11.7 Å². The minimum atomic E-state index is -0.816. The smallest absolute Gasteiger partial charge is 0.407 e. The van der Waals surface area contributed by atoms with E-state index in [1.54, 1.807) is 4.90 Å². The number of carbonyl (C=O) groups is 1. The zero-order chi connectivity index (χ0) is 13.8. The lowest BCUT2D eigenvalue weighted by Gasteiger charge is -2.39. The Morgan fingerprint density at radius 3 is 2.74 bits per heavy atom. The van der Waals surface area contributed by atoms with Gasteiger partial charge in [0.2, 0.25) is 0 Å². The molecule has 0 aromatic heterocycles. The van der Waals surface area contributed by atoms with Gasteiger partial charge in [-0.15, -0.1) is 0 Å². The minimum Gasteiger partial charge on any atom is -0.465 e. The maximum atomic E-state index is 11.3. The lowest BCUT2D eigenvalue weighted by atomic mass is 9.84. The lowest BCUT2D eigenvalue weighted by molar-refractivity contribution is 0.0852. The highest BCUT2D eigenvalue weighted by atomic mass is 16.4. The maximum absolute atomic E-state index is 11.3. The molecule has 0 spiro atoms. The summed E-state index contributed by atoms with van der Waals surface area (Å²) in [6, 6.07) is 10.2. The molecule has 1 aromatic rings. The second-order valence-electron chi connectivity index (χ2n) is 5.46. The largest absolute Gasteiger partial charge is 0.465 e. The van der Waals surface area contributed by atoms with Crippen LogP contribution >= 0.6 is 0 Å². The van der Waals surface area contributed by atoms with Crippen molar-refractivity contribution in [1.29, 1.82) is 0 Å². The van der Waals surface area contributed by atoms with Crippen LogP contribution < -0.4 is 5.73 Å². The first-order valence-corrected chi connectivity index (χ1v) is 6.87. The number of nitrogens with two attached hydrogens (primary N) is 1. The Kier molecular flexibility index (Phi) is 4.43. The van der Waals surface area contributed by atoms with E-state index in [1.165, 1.54) is 5.56 Å². The van der Waals surface area contributed by atoms with Gasteiger partial charge in [-0.3, -0.25) is 0 Å². The molecule has 1 amide bonds. The Morgan fingerprint density at radius 1 is 1.47 bits per heavy atom. The van der Waals surface area contributed by atoms with Crippen LogP contribution in [0.2, 0.25) is 0 Å². The normalized spacial score (nSPS) is 25.1. The summed E-state index contributed by atoms with van der Waals surface area (Å²) in [4.78, 5) is 12.9. The number of hydrogen-bond acceptors (Lipinski definition) is 2. The highest BCUT2D eigenvalue weighted by molar-refractivity contribution is 5.65. The molecule has 3 atom stereocenters. The second kappa shape index (κ2) is 6.06. The van der Waals surface area contributed by atoms with Gasteiger partial charge < -0.3 is 15.7 Å². The minimum absolute atomic E-state index is 0.0460. The van der Waals surface area contributed by atoms with E-state index in [2.05, 4.69) is 12.1 Å². The molecule has 104 valence electrons. The molecule has 1 saturated heterocycles. The zero-order valence-corrected chi connectivity index (χ0v) is 11.3. The van der Waals surface area contributed by atoms with E-state index >= 15 is 0 Å². The molecular weight excluding hydrogens is 240 g/mol. The van der Waals surface area contributed by atoms with E-state index in [-0.39, 0.29) is 12.1 Å². The van der Waals surface area contributed by atoms with Crippen molar-refractivity contribution in [3.8, 4) is 0 Å². The van der Waals surface area contributed by atoms with Gasteiger partial charge in [0.15, 0.2) is 0 Å². The summed E-state index contributed by atoms with van der Waals surface area (Å²) in [6.07, 6.45) is 1.69. The van der Waals surface area contributed by atoms with E-state index in [1.807, 2.05) is 25.1 Å². The number of nitrogens with zero attached hydrogens (tertiary/aromatic N) is 1. The van der Waals surface area contributed by atoms with E-state index < -0.39 is 6.09 Å². The van der Waals surface area contributed by atoms with Crippen LogP contribution in [0.15, 0.2) is 30.3 Å². The lowest BCUT2D eigenvalue weighted by Crippen LogP contribution is -2.49. The number of hydrogen-bond donors (Lipinski definition) is 2. The number of carboxylic acid groups (broad SMARTS) is 1. The summed E-state index contributed by atoms with van der Waals surface area (Å²) in [5.41, 5.74) is 7.16. The van der Waals surface area contributed by atoms with Crippen molar-refractivity contribution in [1.82, 2.24) is 4.90 Å². The molecule has 1 aliphatic rings. The maximum Gasteiger partial charge on any atom is 0.407 e. The van der Waals surface area contributed by atoms with Crippen LogP contribution in [0.5, 0.6) is 0 Å². The van der Waals surface area contributed by atoms with Crippen molar-refractivity contribution in [2.45, 2.75) is 38.3 Å². The highest BCUT2D eigenvalue weighted by Gasteiger charge is 2.32. The Bertz CT molecular complexity index is 419. The number of piperidine rings is 1. The number of amides is 1. The van der Waals surface area contributed by atoms with Gasteiger partial charge in [-0.25, -0.2) is 4.79 Å². The summed E-state index contributed by atoms with van der Waals surface area (Å²) >= 11 is 0. The van der Waals surface area contributed by atoms with Crippen LogP contribution in [-0.4, -0.2) is 34.7 Å². The standard InChI is InChI=1S/C15H22N2O2/c1-11(16)13-7-8-17(15(18)19)14(10-13)9-12-5-3-2-4-6-12/h2-6,11,13-14H,7-10,16H2,1H3,(H,18,19). The molecule has 1 heterocycles. The summed E-state index contributed by atoms with van der Waals surface area (Å²) in [5, 5.41) is 9.31. The molecule has 1 aromatic carbocycles. The van der Waals surface area contributed by atoms with Crippen LogP contribution in [0.3, 0.4) is 0 Å². The molecule has 0 saturated carbocycles. The monoisotopic (exact) mass is 262 g/mol. The SMILES string of the molecule is CC(N)C1CCN(C(=O)O)C(Cc2ccccc2)C1. The molecule has 1 aliphatic heterocycles. The van der Waals surface area contributed by atoms with Crippen molar-refractivity contribution >= 4 is 6.09 Å². The van der Waals surface area contributed by atoms with E-state index in [0.29, 0.717) is 12.5 Å². The fourth-order valence-corrected chi connectivity index (χ4v) is 2.89. The van der Waals surface area contributed by atoms with Crippen molar-refractivity contribution in [2.75, 3.05) is 6.54 Å². The van der Waals surface area contributed by atoms with Crippen LogP contribution in [0, 0.1) is 5.92 Å². The van der Waals surface area contributed by atoms with Gasteiger partial charge in [-0.2, -0.15) is 0 Å². The van der Waals surface area contributed by atoms with Gasteiger partial charge in [-0.05, 0) is 37.7 Å². The first-order valence-electron chi connectivity index (χ1n) is 6.87. The average Bonchev–Trinajstić information content (AvgIpc) is 2.39. The Labute approximate surface area is 114 Å². The Morgan fingerprint density at radius 2 is 2.16 bits per heavy atom. The summed E-state index contributed by atoms with van der Waals surface area (Å²) in [7, 11) is 0. The number of likely N-dealkylation sites (tertiary alicyclic amines) is 1. The summed E-state index contributed by atoms with van der Waals surface area (Å²) < 4.78 is 0. The van der Waals surface area contributed by atoms with Gasteiger partial charge in [0, 0.05) is 18.6 Å². The quantitative estimate of drug-likeness (QED) is 0.878. The zero-order valence-electron chi connectivity index (χ0n) is 11.3. The fourth-order valence-electron chi connectivity index (χ4n) is 2.89. The first-order chi connectivity index (χ1) is 9.08. The van der Waals surface area contributed by atoms with Crippen LogP contribution in [0.25, 0.3) is 0 Å². The molecule has 1 fully saturated rings. The number of rotatable bonds is 3. The van der Waals surface area contributed by atoms with E-state index in [0.717, 1.165) is 19.3 Å². The van der Waals surface area contributed by atoms with Gasteiger partial charge in [-0.1, -0.05) is 30.3 Å². The van der Waals surface area contributed by atoms with Crippen molar-refractivity contribution in [3.05, 3.63) is 35.9 Å². The van der Waals surface area contributed by atoms with Crippen LogP contribution in [0.1, 0.15) is 25.3 Å². The van der Waals surface area contributed by atoms with Gasteiger partial charge >= 0.3 is 6.09 Å². The van der Waals surface area contributed by atoms with Crippen molar-refractivity contribution in [3.63, 3.8) is 0 Å². The average molecular weight is 262 g/mol. The molecule has 4 nitrogen and oxygen atoms in total. The Balaban J connectivity index is 2.09. The molecule has 0 aliphatic carbocycles. The molecule has 19 heavy (non-hydrogen) atoms.